The maximum absolute atomic E-state index is 5.11. The van der Waals surface area contributed by atoms with Crippen LogP contribution in [0.1, 0.15) is 11.4 Å². The lowest BCUT2D eigenvalue weighted by molar-refractivity contribution is 1.19. The molecule has 0 aromatic carbocycles. The van der Waals surface area contributed by atoms with Crippen molar-refractivity contribution < 1.29 is 0 Å². The highest BCUT2D eigenvalue weighted by molar-refractivity contribution is 5.82. The van der Waals surface area contributed by atoms with Gasteiger partial charge < -0.3 is 17.2 Å². The third-order valence-electron chi connectivity index (χ3n) is 1.48. The van der Waals surface area contributed by atoms with Crippen molar-refractivity contribution in [1.82, 2.24) is 4.98 Å². The molecule has 0 atom stereocenters. The van der Waals surface area contributed by atoms with E-state index in [1.165, 1.54) is 12.4 Å². The first-order valence-electron chi connectivity index (χ1n) is 4.58. The van der Waals surface area contributed by atoms with Crippen molar-refractivity contribution in [3.63, 3.8) is 0 Å². The third-order valence-corrected chi connectivity index (χ3v) is 1.48. The lowest BCUT2D eigenvalue weighted by Crippen LogP contribution is -2.21. The van der Waals surface area contributed by atoms with Crippen LogP contribution >= 0.6 is 0 Å². The Morgan fingerprint density at radius 1 is 1.06 bits per heavy atom. The molecule has 1 rings (SSSR count). The van der Waals surface area contributed by atoms with E-state index >= 15 is 0 Å². The Hall–Kier alpha value is -2.77. The lowest BCUT2D eigenvalue weighted by Gasteiger charge is -1.93. The lowest BCUT2D eigenvalue weighted by atomic mass is 10.3. The Morgan fingerprint density at radius 2 is 1.71 bits per heavy atom. The zero-order chi connectivity index (χ0) is 12.5. The molecular weight excluding hydrogens is 220 g/mol. The van der Waals surface area contributed by atoms with Crippen molar-refractivity contribution in [3.05, 3.63) is 29.6 Å². The molecule has 0 fully saturated rings. The summed E-state index contributed by atoms with van der Waals surface area (Å²) in [6.45, 7) is 0. The van der Waals surface area contributed by atoms with Crippen molar-refractivity contribution in [2.45, 2.75) is 0 Å². The average molecular weight is 232 g/mol. The van der Waals surface area contributed by atoms with Crippen molar-refractivity contribution >= 4 is 24.7 Å². The van der Waals surface area contributed by atoms with Gasteiger partial charge in [0.1, 0.15) is 6.34 Å². The molecule has 8 nitrogen and oxygen atoms in total. The minimum Gasteiger partial charge on any atom is -0.388 e. The fourth-order valence-electron chi connectivity index (χ4n) is 0.898. The molecule has 1 heterocycles. The van der Waals surface area contributed by atoms with Crippen LogP contribution in [-0.4, -0.2) is 29.7 Å². The monoisotopic (exact) mass is 232 g/mol. The first kappa shape index (κ1) is 12.3. The number of guanidine groups is 1. The number of hydrogen-bond donors (Lipinski definition) is 3. The molecule has 0 amide bonds. The van der Waals surface area contributed by atoms with E-state index in [2.05, 4.69) is 25.4 Å². The number of nitrogens with two attached hydrogens (primary N) is 3. The van der Waals surface area contributed by atoms with Gasteiger partial charge in [0, 0.05) is 0 Å². The second kappa shape index (κ2) is 6.67. The quantitative estimate of drug-likeness (QED) is 0.348. The molecular formula is C9H12N8. The predicted octanol–water partition coefficient (Wildman–Crippen LogP) is -0.990. The zero-order valence-corrected chi connectivity index (χ0v) is 8.93. The van der Waals surface area contributed by atoms with Crippen molar-refractivity contribution in [2.75, 3.05) is 0 Å². The van der Waals surface area contributed by atoms with Crippen LogP contribution in [0.2, 0.25) is 0 Å². The third kappa shape index (κ3) is 5.02. The maximum Gasteiger partial charge on any atom is 0.211 e. The number of aromatic nitrogens is 1. The van der Waals surface area contributed by atoms with E-state index in [0.29, 0.717) is 11.4 Å². The first-order valence-corrected chi connectivity index (χ1v) is 4.58. The van der Waals surface area contributed by atoms with E-state index in [4.69, 9.17) is 17.2 Å². The maximum atomic E-state index is 5.11. The van der Waals surface area contributed by atoms with Gasteiger partial charge in [-0.05, 0) is 12.1 Å². The number of rotatable bonds is 4. The van der Waals surface area contributed by atoms with Gasteiger partial charge in [-0.1, -0.05) is 6.07 Å². The number of nitrogens with zero attached hydrogens (tertiary/aromatic N) is 5. The molecule has 6 N–H and O–H groups in total. The minimum atomic E-state index is -0.115. The SMILES string of the molecule is NC=N/N=C/c1cccc(/C=N/N=C(N)N)n1. The van der Waals surface area contributed by atoms with Crippen LogP contribution in [0, 0.1) is 0 Å². The molecule has 0 spiro atoms. The standard InChI is InChI=1S/C9H12N8/c10-6-15-13-4-7-2-1-3-8(16-7)5-14-17-9(11)12/h1-6H,(H2,10,15)(H4,11,12,17)/b13-4+,14-5+. The van der Waals surface area contributed by atoms with Crippen molar-refractivity contribution in [2.24, 2.45) is 37.6 Å². The first-order chi connectivity index (χ1) is 8.22. The van der Waals surface area contributed by atoms with E-state index in [1.54, 1.807) is 18.2 Å². The summed E-state index contributed by atoms with van der Waals surface area (Å²) in [6.07, 6.45) is 3.96. The number of hydrogen-bond acceptors (Lipinski definition) is 5. The van der Waals surface area contributed by atoms with Gasteiger partial charge in [0.15, 0.2) is 0 Å². The second-order valence-electron chi connectivity index (χ2n) is 2.77. The summed E-state index contributed by atoms with van der Waals surface area (Å²) in [7, 11) is 0. The molecule has 17 heavy (non-hydrogen) atoms. The van der Waals surface area contributed by atoms with Crippen LogP contribution in [0.4, 0.5) is 0 Å². The Kier molecular flexibility index (Phi) is 4.82. The van der Waals surface area contributed by atoms with Crippen LogP contribution in [0.25, 0.3) is 0 Å². The fraction of sp³-hybridized carbons (Fsp3) is 0. The topological polar surface area (TPSA) is 140 Å². The average Bonchev–Trinajstić information content (AvgIpc) is 2.29. The molecule has 0 aliphatic carbocycles. The van der Waals surface area contributed by atoms with Crippen LogP contribution < -0.4 is 17.2 Å². The molecule has 0 saturated heterocycles. The summed E-state index contributed by atoms with van der Waals surface area (Å²) in [5.74, 6) is -0.115. The summed E-state index contributed by atoms with van der Waals surface area (Å²) < 4.78 is 0. The van der Waals surface area contributed by atoms with Gasteiger partial charge in [0.25, 0.3) is 0 Å². The Morgan fingerprint density at radius 3 is 2.29 bits per heavy atom. The summed E-state index contributed by atoms with van der Waals surface area (Å²) in [4.78, 5) is 4.18. The van der Waals surface area contributed by atoms with E-state index in [0.717, 1.165) is 6.34 Å². The fourth-order valence-corrected chi connectivity index (χ4v) is 0.898. The molecule has 1 aromatic rings. The van der Waals surface area contributed by atoms with Crippen LogP contribution in [0.15, 0.2) is 38.6 Å². The van der Waals surface area contributed by atoms with Gasteiger partial charge in [-0.15, -0.1) is 10.2 Å². The van der Waals surface area contributed by atoms with Crippen LogP contribution in [0.5, 0.6) is 0 Å². The molecule has 1 aromatic heterocycles. The summed E-state index contributed by atoms with van der Waals surface area (Å²) in [6, 6.07) is 5.29. The van der Waals surface area contributed by atoms with Gasteiger partial charge >= 0.3 is 0 Å². The Bertz CT molecular complexity index is 470. The van der Waals surface area contributed by atoms with Crippen molar-refractivity contribution in [1.29, 1.82) is 0 Å². The molecule has 0 bridgehead atoms. The molecule has 88 valence electrons. The summed E-state index contributed by atoms with van der Waals surface area (Å²) in [5.41, 5.74) is 16.5. The highest BCUT2D eigenvalue weighted by Gasteiger charge is 1.92. The van der Waals surface area contributed by atoms with Gasteiger partial charge in [0.2, 0.25) is 5.96 Å². The summed E-state index contributed by atoms with van der Waals surface area (Å²) >= 11 is 0. The minimum absolute atomic E-state index is 0.115. The normalized spacial score (nSPS) is 11.5. The van der Waals surface area contributed by atoms with Gasteiger partial charge in [-0.25, -0.2) is 4.98 Å². The molecule has 0 saturated carbocycles. The molecule has 8 heteroatoms. The van der Waals surface area contributed by atoms with Crippen LogP contribution in [-0.2, 0) is 0 Å². The zero-order valence-electron chi connectivity index (χ0n) is 8.93. The van der Waals surface area contributed by atoms with Gasteiger partial charge in [-0.2, -0.15) is 10.2 Å². The van der Waals surface area contributed by atoms with E-state index in [9.17, 15) is 0 Å². The van der Waals surface area contributed by atoms with E-state index < -0.39 is 0 Å². The molecule has 0 radical (unpaired) electrons. The van der Waals surface area contributed by atoms with Gasteiger partial charge in [-0.3, -0.25) is 0 Å². The van der Waals surface area contributed by atoms with Gasteiger partial charge in [0.05, 0.1) is 23.8 Å². The smallest absolute Gasteiger partial charge is 0.211 e. The highest BCUT2D eigenvalue weighted by atomic mass is 15.3. The summed E-state index contributed by atoms with van der Waals surface area (Å²) in [5, 5.41) is 14.2. The highest BCUT2D eigenvalue weighted by Crippen LogP contribution is 1.95. The Labute approximate surface area is 97.7 Å². The van der Waals surface area contributed by atoms with E-state index in [-0.39, 0.29) is 5.96 Å². The number of pyridine rings is 1. The molecule has 0 aliphatic heterocycles. The largest absolute Gasteiger partial charge is 0.388 e. The molecule has 0 aliphatic rings. The van der Waals surface area contributed by atoms with Crippen molar-refractivity contribution in [3.8, 4) is 0 Å². The second-order valence-corrected chi connectivity index (χ2v) is 2.77. The van der Waals surface area contributed by atoms with E-state index in [1.807, 2.05) is 0 Å². The predicted molar refractivity (Wildman–Crippen MR) is 67.9 cm³/mol. The Balaban J connectivity index is 2.79. The van der Waals surface area contributed by atoms with Crippen LogP contribution in [0.3, 0.4) is 0 Å². The molecule has 0 unspecified atom stereocenters.